The zero-order valence-electron chi connectivity index (χ0n) is 13.3. The molecule has 1 N–H and O–H groups in total. The Balaban J connectivity index is 1.53. The number of piperidine rings is 1. The molecule has 0 aromatic heterocycles. The molecule has 1 aliphatic rings. The SMILES string of the molecule is CC1CC[NH+](CCCOc2ccc(Cl)c3ccccc23)CC1. The highest BCUT2D eigenvalue weighted by molar-refractivity contribution is 6.35. The van der Waals surface area contributed by atoms with Crippen LogP contribution in [-0.4, -0.2) is 26.2 Å². The highest BCUT2D eigenvalue weighted by Crippen LogP contribution is 2.31. The van der Waals surface area contributed by atoms with Crippen molar-refractivity contribution in [2.75, 3.05) is 26.2 Å². The van der Waals surface area contributed by atoms with Crippen LogP contribution in [0, 0.1) is 5.92 Å². The van der Waals surface area contributed by atoms with Crippen LogP contribution in [0.4, 0.5) is 0 Å². The van der Waals surface area contributed by atoms with Gasteiger partial charge in [-0.3, -0.25) is 0 Å². The molecule has 22 heavy (non-hydrogen) atoms. The lowest BCUT2D eigenvalue weighted by atomic mass is 9.99. The van der Waals surface area contributed by atoms with E-state index in [2.05, 4.69) is 13.0 Å². The van der Waals surface area contributed by atoms with Crippen LogP contribution in [-0.2, 0) is 0 Å². The van der Waals surface area contributed by atoms with Crippen molar-refractivity contribution in [3.05, 3.63) is 41.4 Å². The first-order chi connectivity index (χ1) is 10.7. The first kappa shape index (κ1) is 15.6. The number of ether oxygens (including phenoxy) is 1. The first-order valence-corrected chi connectivity index (χ1v) is 8.75. The standard InChI is InChI=1S/C19H24ClNO/c1-15-9-12-21(13-10-15)11-4-14-22-19-8-7-18(20)16-5-2-3-6-17(16)19/h2-3,5-8,15H,4,9-14H2,1H3/p+1. The summed E-state index contributed by atoms with van der Waals surface area (Å²) in [5.41, 5.74) is 0. The fraction of sp³-hybridized carbons (Fsp3) is 0.474. The number of likely N-dealkylation sites (tertiary alicyclic amines) is 1. The van der Waals surface area contributed by atoms with E-state index >= 15 is 0 Å². The number of quaternary nitrogens is 1. The summed E-state index contributed by atoms with van der Waals surface area (Å²) in [6.45, 7) is 7.02. The zero-order valence-corrected chi connectivity index (χ0v) is 14.0. The molecule has 1 fully saturated rings. The normalized spacial score (nSPS) is 21.9. The van der Waals surface area contributed by atoms with Gasteiger partial charge in [0.05, 0.1) is 26.2 Å². The molecule has 118 valence electrons. The molecule has 2 aromatic carbocycles. The second kappa shape index (κ2) is 7.34. The van der Waals surface area contributed by atoms with E-state index in [1.54, 1.807) is 4.90 Å². The summed E-state index contributed by atoms with van der Waals surface area (Å²) in [4.78, 5) is 1.74. The molecular formula is C19H25ClNO+. The molecule has 0 radical (unpaired) electrons. The minimum Gasteiger partial charge on any atom is -0.493 e. The van der Waals surface area contributed by atoms with Gasteiger partial charge in [0.25, 0.3) is 0 Å². The van der Waals surface area contributed by atoms with Gasteiger partial charge < -0.3 is 9.64 Å². The van der Waals surface area contributed by atoms with E-state index in [0.29, 0.717) is 0 Å². The Labute approximate surface area is 138 Å². The molecule has 1 aliphatic heterocycles. The summed E-state index contributed by atoms with van der Waals surface area (Å²) in [6.07, 6.45) is 3.86. The predicted octanol–water partition coefficient (Wildman–Crippen LogP) is 3.58. The van der Waals surface area contributed by atoms with Gasteiger partial charge in [-0.1, -0.05) is 42.8 Å². The highest BCUT2D eigenvalue weighted by Gasteiger charge is 2.18. The van der Waals surface area contributed by atoms with E-state index in [1.165, 1.54) is 32.5 Å². The lowest BCUT2D eigenvalue weighted by Gasteiger charge is -2.27. The monoisotopic (exact) mass is 318 g/mol. The molecular weight excluding hydrogens is 294 g/mol. The summed E-state index contributed by atoms with van der Waals surface area (Å²) in [5, 5.41) is 2.96. The minimum absolute atomic E-state index is 0.782. The number of halogens is 1. The quantitative estimate of drug-likeness (QED) is 0.832. The van der Waals surface area contributed by atoms with Crippen LogP contribution in [0.3, 0.4) is 0 Å². The number of nitrogens with one attached hydrogen (secondary N) is 1. The van der Waals surface area contributed by atoms with Crippen molar-refractivity contribution < 1.29 is 9.64 Å². The number of rotatable bonds is 5. The summed E-state index contributed by atoms with van der Waals surface area (Å²) in [5.74, 6) is 1.86. The van der Waals surface area contributed by atoms with Gasteiger partial charge in [0.15, 0.2) is 0 Å². The van der Waals surface area contributed by atoms with E-state index in [9.17, 15) is 0 Å². The van der Waals surface area contributed by atoms with Crippen LogP contribution in [0.15, 0.2) is 36.4 Å². The average Bonchev–Trinajstić information content (AvgIpc) is 2.55. The van der Waals surface area contributed by atoms with E-state index in [0.717, 1.165) is 40.5 Å². The van der Waals surface area contributed by atoms with Crippen LogP contribution in [0.2, 0.25) is 5.02 Å². The molecule has 3 heteroatoms. The average molecular weight is 319 g/mol. The molecule has 1 saturated heterocycles. The predicted molar refractivity (Wildman–Crippen MR) is 93.0 cm³/mol. The summed E-state index contributed by atoms with van der Waals surface area (Å²) >= 11 is 6.24. The first-order valence-electron chi connectivity index (χ1n) is 8.37. The molecule has 0 aliphatic carbocycles. The van der Waals surface area contributed by atoms with Gasteiger partial charge in [-0.15, -0.1) is 0 Å². The van der Waals surface area contributed by atoms with Crippen molar-refractivity contribution in [2.45, 2.75) is 26.2 Å². The van der Waals surface area contributed by atoms with E-state index < -0.39 is 0 Å². The zero-order chi connectivity index (χ0) is 15.4. The topological polar surface area (TPSA) is 13.7 Å². The maximum Gasteiger partial charge on any atom is 0.127 e. The van der Waals surface area contributed by atoms with Crippen molar-refractivity contribution in [3.8, 4) is 5.75 Å². The second-order valence-corrected chi connectivity index (χ2v) is 6.88. The summed E-state index contributed by atoms with van der Waals surface area (Å²) < 4.78 is 6.01. The number of benzene rings is 2. The maximum absolute atomic E-state index is 6.24. The van der Waals surface area contributed by atoms with Crippen LogP contribution in [0.25, 0.3) is 10.8 Å². The summed E-state index contributed by atoms with van der Waals surface area (Å²) in [7, 11) is 0. The number of hydrogen-bond donors (Lipinski definition) is 1. The Morgan fingerprint density at radius 3 is 2.59 bits per heavy atom. The fourth-order valence-electron chi connectivity index (χ4n) is 3.29. The third-order valence-electron chi connectivity index (χ3n) is 4.74. The molecule has 0 bridgehead atoms. The van der Waals surface area contributed by atoms with Crippen LogP contribution >= 0.6 is 11.6 Å². The van der Waals surface area contributed by atoms with Gasteiger partial charge in [-0.05, 0) is 30.9 Å². The van der Waals surface area contributed by atoms with Crippen molar-refractivity contribution in [2.24, 2.45) is 5.92 Å². The van der Waals surface area contributed by atoms with Gasteiger partial charge in [0.2, 0.25) is 0 Å². The van der Waals surface area contributed by atoms with Crippen molar-refractivity contribution in [3.63, 3.8) is 0 Å². The van der Waals surface area contributed by atoms with Crippen molar-refractivity contribution in [1.82, 2.24) is 0 Å². The van der Waals surface area contributed by atoms with Gasteiger partial charge >= 0.3 is 0 Å². The molecule has 0 saturated carbocycles. The third-order valence-corrected chi connectivity index (χ3v) is 5.07. The third kappa shape index (κ3) is 3.74. The van der Waals surface area contributed by atoms with E-state index in [-0.39, 0.29) is 0 Å². The lowest BCUT2D eigenvalue weighted by molar-refractivity contribution is -0.906. The Bertz CT molecular complexity index is 620. The lowest BCUT2D eigenvalue weighted by Crippen LogP contribution is -3.13. The molecule has 0 unspecified atom stereocenters. The molecule has 3 rings (SSSR count). The molecule has 0 atom stereocenters. The van der Waals surface area contributed by atoms with E-state index in [4.69, 9.17) is 16.3 Å². The number of hydrogen-bond acceptors (Lipinski definition) is 1. The largest absolute Gasteiger partial charge is 0.493 e. The van der Waals surface area contributed by atoms with Crippen molar-refractivity contribution >= 4 is 22.4 Å². The molecule has 1 heterocycles. The smallest absolute Gasteiger partial charge is 0.127 e. The highest BCUT2D eigenvalue weighted by atomic mass is 35.5. The van der Waals surface area contributed by atoms with Gasteiger partial charge in [0.1, 0.15) is 5.75 Å². The minimum atomic E-state index is 0.782. The van der Waals surface area contributed by atoms with Crippen molar-refractivity contribution in [1.29, 1.82) is 0 Å². The Morgan fingerprint density at radius 1 is 1.09 bits per heavy atom. The maximum atomic E-state index is 6.24. The Hall–Kier alpha value is -1.25. The van der Waals surface area contributed by atoms with Gasteiger partial charge in [-0.25, -0.2) is 0 Å². The van der Waals surface area contributed by atoms with Crippen LogP contribution < -0.4 is 9.64 Å². The molecule has 2 nitrogen and oxygen atoms in total. The molecule has 0 amide bonds. The number of fused-ring (bicyclic) bond motifs is 1. The van der Waals surface area contributed by atoms with E-state index in [1.807, 2.05) is 30.3 Å². The fourth-order valence-corrected chi connectivity index (χ4v) is 3.51. The summed E-state index contributed by atoms with van der Waals surface area (Å²) in [6, 6.07) is 12.1. The van der Waals surface area contributed by atoms with Crippen LogP contribution in [0.1, 0.15) is 26.2 Å². The Morgan fingerprint density at radius 2 is 1.82 bits per heavy atom. The van der Waals surface area contributed by atoms with Gasteiger partial charge in [-0.2, -0.15) is 0 Å². The molecule has 2 aromatic rings. The molecule has 0 spiro atoms. The van der Waals surface area contributed by atoms with Crippen LogP contribution in [0.5, 0.6) is 5.75 Å². The van der Waals surface area contributed by atoms with Gasteiger partial charge in [0, 0.05) is 22.2 Å². The Kier molecular flexibility index (Phi) is 5.22. The second-order valence-electron chi connectivity index (χ2n) is 6.48.